The number of nitrogens with two attached hydrogens (primary N) is 1. The summed E-state index contributed by atoms with van der Waals surface area (Å²) in [5.41, 5.74) is 6.72. The summed E-state index contributed by atoms with van der Waals surface area (Å²) in [6.07, 6.45) is 4.55. The number of azo groups is 1. The van der Waals surface area contributed by atoms with Crippen LogP contribution in [0.15, 0.2) is 47.0 Å². The normalized spacial score (nSPS) is 10.9. The van der Waals surface area contributed by atoms with E-state index in [0.717, 1.165) is 0 Å². The summed E-state index contributed by atoms with van der Waals surface area (Å²) < 4.78 is 0. The number of nitrogen functional groups attached to an aromatic ring is 1. The van der Waals surface area contributed by atoms with Gasteiger partial charge in [-0.25, -0.2) is 15.0 Å². The highest BCUT2D eigenvalue weighted by Crippen LogP contribution is 2.34. The van der Waals surface area contributed by atoms with Crippen LogP contribution in [-0.2, 0) is 0 Å². The van der Waals surface area contributed by atoms with Gasteiger partial charge in [0.25, 0.3) is 5.69 Å². The third-order valence-corrected chi connectivity index (χ3v) is 3.64. The Morgan fingerprint density at radius 3 is 2.70 bits per heavy atom. The minimum absolute atomic E-state index is 0.0665. The highest BCUT2D eigenvalue weighted by atomic mass is 35.5. The summed E-state index contributed by atoms with van der Waals surface area (Å²) in [5, 5.41) is 21.7. The standard InChI is InChI=1S/C15H12ClN9O2/c1-18-15-12(13(17)21-14(22-15)11-7-19-4-5-20-11)24-23-10-3-2-8(25(26)27)6-9(10)16/h2-7H,1H3,(H3,17,18,21,22). The molecule has 27 heavy (non-hydrogen) atoms. The predicted molar refractivity (Wildman–Crippen MR) is 99.3 cm³/mol. The summed E-state index contributed by atoms with van der Waals surface area (Å²) in [5.74, 6) is 0.666. The fourth-order valence-electron chi connectivity index (χ4n) is 2.07. The number of anilines is 2. The zero-order valence-electron chi connectivity index (χ0n) is 13.9. The molecule has 0 atom stereocenters. The molecule has 11 nitrogen and oxygen atoms in total. The average Bonchev–Trinajstić information content (AvgIpc) is 2.67. The van der Waals surface area contributed by atoms with Crippen LogP contribution in [-0.4, -0.2) is 31.9 Å². The van der Waals surface area contributed by atoms with Crippen LogP contribution < -0.4 is 11.1 Å². The second kappa shape index (κ2) is 7.66. The number of rotatable bonds is 5. The van der Waals surface area contributed by atoms with Gasteiger partial charge < -0.3 is 11.1 Å². The maximum absolute atomic E-state index is 10.8. The molecule has 0 unspecified atom stereocenters. The van der Waals surface area contributed by atoms with Crippen molar-refractivity contribution < 1.29 is 4.92 Å². The summed E-state index contributed by atoms with van der Waals surface area (Å²) >= 11 is 6.01. The Kier molecular flexibility index (Phi) is 5.13. The van der Waals surface area contributed by atoms with E-state index in [-0.39, 0.29) is 33.7 Å². The van der Waals surface area contributed by atoms with Crippen LogP contribution in [0.5, 0.6) is 0 Å². The van der Waals surface area contributed by atoms with Crippen LogP contribution in [0.25, 0.3) is 11.5 Å². The van der Waals surface area contributed by atoms with Crippen molar-refractivity contribution in [1.29, 1.82) is 0 Å². The molecule has 0 fully saturated rings. The van der Waals surface area contributed by atoms with Gasteiger partial charge >= 0.3 is 0 Å². The third-order valence-electron chi connectivity index (χ3n) is 3.34. The average molecular weight is 386 g/mol. The Bertz CT molecular complexity index is 1030. The topological polar surface area (TPSA) is 157 Å². The number of nitro groups is 1. The molecule has 0 radical (unpaired) electrons. The molecule has 0 aliphatic carbocycles. The third kappa shape index (κ3) is 3.93. The van der Waals surface area contributed by atoms with Crippen LogP contribution in [0.1, 0.15) is 0 Å². The Labute approximate surface area is 157 Å². The molecule has 1 aromatic carbocycles. The van der Waals surface area contributed by atoms with Crippen molar-refractivity contribution in [2.75, 3.05) is 18.1 Å². The van der Waals surface area contributed by atoms with Crippen molar-refractivity contribution in [3.05, 3.63) is 51.9 Å². The van der Waals surface area contributed by atoms with Crippen molar-refractivity contribution in [3.8, 4) is 11.5 Å². The molecule has 3 aromatic rings. The van der Waals surface area contributed by atoms with E-state index in [1.807, 2.05) is 0 Å². The van der Waals surface area contributed by atoms with Gasteiger partial charge in [-0.05, 0) is 6.07 Å². The van der Waals surface area contributed by atoms with E-state index >= 15 is 0 Å². The molecule has 0 amide bonds. The summed E-state index contributed by atoms with van der Waals surface area (Å²) in [4.78, 5) is 26.8. The second-order valence-corrected chi connectivity index (χ2v) is 5.47. The molecule has 0 bridgehead atoms. The van der Waals surface area contributed by atoms with Gasteiger partial charge in [0, 0.05) is 31.6 Å². The lowest BCUT2D eigenvalue weighted by Crippen LogP contribution is -2.03. The minimum atomic E-state index is -0.553. The van der Waals surface area contributed by atoms with E-state index < -0.39 is 4.92 Å². The lowest BCUT2D eigenvalue weighted by Gasteiger charge is -2.08. The van der Waals surface area contributed by atoms with E-state index in [4.69, 9.17) is 17.3 Å². The number of aromatic nitrogens is 4. The van der Waals surface area contributed by atoms with Gasteiger partial charge in [-0.15, -0.1) is 10.2 Å². The molecule has 12 heteroatoms. The van der Waals surface area contributed by atoms with Gasteiger partial charge in [-0.2, -0.15) is 0 Å². The molecule has 0 aliphatic rings. The Balaban J connectivity index is 1.97. The maximum atomic E-state index is 10.8. The number of hydrogen-bond acceptors (Lipinski definition) is 10. The van der Waals surface area contributed by atoms with Gasteiger partial charge in [-0.1, -0.05) is 11.6 Å². The zero-order valence-corrected chi connectivity index (χ0v) is 14.6. The first-order valence-corrected chi connectivity index (χ1v) is 7.84. The first kappa shape index (κ1) is 18.1. The summed E-state index contributed by atoms with van der Waals surface area (Å²) in [6.45, 7) is 0. The predicted octanol–water partition coefficient (Wildman–Crippen LogP) is 3.53. The Morgan fingerprint density at radius 1 is 1.26 bits per heavy atom. The number of benzene rings is 1. The number of nitrogens with zero attached hydrogens (tertiary/aromatic N) is 7. The highest BCUT2D eigenvalue weighted by molar-refractivity contribution is 6.33. The summed E-state index contributed by atoms with van der Waals surface area (Å²) in [7, 11) is 1.64. The number of halogens is 1. The monoisotopic (exact) mass is 385 g/mol. The fourth-order valence-corrected chi connectivity index (χ4v) is 2.28. The van der Waals surface area contributed by atoms with E-state index in [2.05, 4.69) is 35.5 Å². The quantitative estimate of drug-likeness (QED) is 0.383. The first-order chi connectivity index (χ1) is 13.0. The molecule has 2 heterocycles. The summed E-state index contributed by atoms with van der Waals surface area (Å²) in [6, 6.07) is 3.84. The van der Waals surface area contributed by atoms with Crippen LogP contribution >= 0.6 is 11.6 Å². The van der Waals surface area contributed by atoms with E-state index in [0.29, 0.717) is 11.5 Å². The van der Waals surface area contributed by atoms with Gasteiger partial charge in [0.05, 0.1) is 16.1 Å². The van der Waals surface area contributed by atoms with Crippen LogP contribution in [0, 0.1) is 10.1 Å². The van der Waals surface area contributed by atoms with Gasteiger partial charge in [-0.3, -0.25) is 15.1 Å². The largest absolute Gasteiger partial charge is 0.382 e. The molecular formula is C15H12ClN9O2. The van der Waals surface area contributed by atoms with Crippen LogP contribution in [0.4, 0.5) is 28.7 Å². The maximum Gasteiger partial charge on any atom is 0.271 e. The molecule has 3 rings (SSSR count). The van der Waals surface area contributed by atoms with Gasteiger partial charge in [0.1, 0.15) is 11.4 Å². The zero-order chi connectivity index (χ0) is 19.4. The number of nitrogens with one attached hydrogen (secondary N) is 1. The van der Waals surface area contributed by atoms with Gasteiger partial charge in [0.15, 0.2) is 23.1 Å². The molecule has 0 saturated carbocycles. The van der Waals surface area contributed by atoms with E-state index in [1.54, 1.807) is 7.05 Å². The molecular weight excluding hydrogens is 374 g/mol. The van der Waals surface area contributed by atoms with Crippen molar-refractivity contribution in [2.45, 2.75) is 0 Å². The van der Waals surface area contributed by atoms with Crippen molar-refractivity contribution >= 4 is 40.3 Å². The van der Waals surface area contributed by atoms with Crippen molar-refractivity contribution in [1.82, 2.24) is 19.9 Å². The molecule has 0 saturated heterocycles. The van der Waals surface area contributed by atoms with Crippen LogP contribution in [0.2, 0.25) is 5.02 Å². The second-order valence-electron chi connectivity index (χ2n) is 5.06. The smallest absolute Gasteiger partial charge is 0.271 e. The van der Waals surface area contributed by atoms with Crippen LogP contribution in [0.3, 0.4) is 0 Å². The lowest BCUT2D eigenvalue weighted by molar-refractivity contribution is -0.384. The first-order valence-electron chi connectivity index (χ1n) is 7.47. The fraction of sp³-hybridized carbons (Fsp3) is 0.0667. The number of non-ortho nitro benzene ring substituents is 1. The number of hydrogen-bond donors (Lipinski definition) is 2. The Morgan fingerprint density at radius 2 is 2.07 bits per heavy atom. The Hall–Kier alpha value is -3.73. The van der Waals surface area contributed by atoms with Gasteiger partial charge in [0.2, 0.25) is 0 Å². The minimum Gasteiger partial charge on any atom is -0.382 e. The highest BCUT2D eigenvalue weighted by Gasteiger charge is 2.14. The molecule has 0 spiro atoms. The van der Waals surface area contributed by atoms with E-state index in [9.17, 15) is 10.1 Å². The molecule has 0 aliphatic heterocycles. The molecule has 3 N–H and O–H groups in total. The van der Waals surface area contributed by atoms with E-state index in [1.165, 1.54) is 36.8 Å². The van der Waals surface area contributed by atoms with Crippen molar-refractivity contribution in [3.63, 3.8) is 0 Å². The molecule has 2 aromatic heterocycles. The van der Waals surface area contributed by atoms with Crippen molar-refractivity contribution in [2.24, 2.45) is 10.2 Å². The lowest BCUT2D eigenvalue weighted by atomic mass is 10.3. The SMILES string of the molecule is CNc1nc(-c2cnccn2)nc(N)c1N=Nc1ccc([N+](=O)[O-])cc1Cl. The molecule has 136 valence electrons. The number of nitro benzene ring substituents is 1.